The van der Waals surface area contributed by atoms with Crippen LogP contribution in [0, 0.1) is 11.6 Å². The lowest BCUT2D eigenvalue weighted by atomic mass is 9.96. The molecular weight excluding hydrogens is 447 g/mol. The highest BCUT2D eigenvalue weighted by atomic mass is 19.4. The summed E-state index contributed by atoms with van der Waals surface area (Å²) < 4.78 is 70.6. The average molecular weight is 470 g/mol. The zero-order chi connectivity index (χ0) is 24.3. The Kier molecular flexibility index (Phi) is 6.87. The monoisotopic (exact) mass is 470 g/mol. The molecule has 0 N–H and O–H groups in total. The van der Waals surface area contributed by atoms with Gasteiger partial charge in [-0.2, -0.15) is 0 Å². The number of fused-ring (bicyclic) bond motifs is 1. The number of alkyl halides is 3. The van der Waals surface area contributed by atoms with Crippen molar-refractivity contribution in [1.82, 2.24) is 0 Å². The van der Waals surface area contributed by atoms with E-state index in [4.69, 9.17) is 0 Å². The molecule has 0 saturated heterocycles. The van der Waals surface area contributed by atoms with Crippen molar-refractivity contribution >= 4 is 10.8 Å². The van der Waals surface area contributed by atoms with Crippen LogP contribution < -0.4 is 4.74 Å². The number of hydrogen-bond donors (Lipinski definition) is 0. The molecule has 0 aliphatic rings. The van der Waals surface area contributed by atoms with Crippen LogP contribution >= 0.6 is 0 Å². The summed E-state index contributed by atoms with van der Waals surface area (Å²) in [5, 5.41) is 0.299. The summed E-state index contributed by atoms with van der Waals surface area (Å²) >= 11 is 0. The molecule has 0 heterocycles. The summed E-state index contributed by atoms with van der Waals surface area (Å²) in [6, 6.07) is 19.6. The molecule has 0 aliphatic carbocycles. The van der Waals surface area contributed by atoms with Crippen molar-refractivity contribution in [3.63, 3.8) is 0 Å². The molecule has 176 valence electrons. The molecule has 34 heavy (non-hydrogen) atoms. The summed E-state index contributed by atoms with van der Waals surface area (Å²) in [7, 11) is 0. The molecule has 0 saturated carbocycles. The van der Waals surface area contributed by atoms with Crippen LogP contribution in [0.1, 0.15) is 31.7 Å². The van der Waals surface area contributed by atoms with Crippen LogP contribution in [0.3, 0.4) is 0 Å². The fraction of sp³-hybridized carbons (Fsp3) is 0.214. The van der Waals surface area contributed by atoms with Crippen molar-refractivity contribution in [2.24, 2.45) is 0 Å². The fourth-order valence-electron chi connectivity index (χ4n) is 4.01. The van der Waals surface area contributed by atoms with E-state index in [1.807, 2.05) is 18.2 Å². The van der Waals surface area contributed by atoms with E-state index in [1.165, 1.54) is 42.7 Å². The topological polar surface area (TPSA) is 9.23 Å². The first-order valence-electron chi connectivity index (χ1n) is 11.1. The molecule has 0 radical (unpaired) electrons. The zero-order valence-corrected chi connectivity index (χ0v) is 18.6. The van der Waals surface area contributed by atoms with Crippen molar-refractivity contribution in [3.05, 3.63) is 90.0 Å². The Morgan fingerprint density at radius 3 is 2.12 bits per heavy atom. The summed E-state index contributed by atoms with van der Waals surface area (Å²) in [6.45, 7) is 2.17. The summed E-state index contributed by atoms with van der Waals surface area (Å²) in [4.78, 5) is 0. The van der Waals surface area contributed by atoms with Crippen molar-refractivity contribution in [3.8, 4) is 28.0 Å². The number of benzene rings is 4. The van der Waals surface area contributed by atoms with Gasteiger partial charge >= 0.3 is 6.36 Å². The Morgan fingerprint density at radius 2 is 1.44 bits per heavy atom. The molecule has 4 aromatic carbocycles. The number of unbranched alkanes of at least 4 members (excludes halogenated alkanes) is 2. The van der Waals surface area contributed by atoms with E-state index in [2.05, 4.69) is 23.8 Å². The van der Waals surface area contributed by atoms with Crippen molar-refractivity contribution in [1.29, 1.82) is 0 Å². The lowest BCUT2D eigenvalue weighted by Crippen LogP contribution is -2.17. The van der Waals surface area contributed by atoms with Crippen LogP contribution in [-0.4, -0.2) is 6.36 Å². The standard InChI is InChI=1S/C28H23F5O/c1-2-3-4-5-18-6-8-19(9-7-18)20-10-13-23(25(29)17-20)21-11-14-24-22(16-21)12-15-26(27(24)30)34-28(31,32)33/h6-17H,2-5H2,1H3. The minimum atomic E-state index is -4.99. The van der Waals surface area contributed by atoms with Gasteiger partial charge in [-0.3, -0.25) is 0 Å². The van der Waals surface area contributed by atoms with Gasteiger partial charge in [0, 0.05) is 10.9 Å². The molecule has 6 heteroatoms. The van der Waals surface area contributed by atoms with E-state index in [0.29, 0.717) is 16.5 Å². The molecule has 0 bridgehead atoms. The van der Waals surface area contributed by atoms with E-state index < -0.39 is 23.7 Å². The van der Waals surface area contributed by atoms with E-state index in [1.54, 1.807) is 12.1 Å². The smallest absolute Gasteiger partial charge is 0.403 e. The van der Waals surface area contributed by atoms with Crippen LogP contribution in [0.5, 0.6) is 5.75 Å². The van der Waals surface area contributed by atoms with Gasteiger partial charge in [0.05, 0.1) is 0 Å². The lowest BCUT2D eigenvalue weighted by molar-refractivity contribution is -0.275. The molecule has 4 aromatic rings. The predicted octanol–water partition coefficient (Wildman–Crippen LogP) is 9.08. The molecule has 0 spiro atoms. The van der Waals surface area contributed by atoms with Gasteiger partial charge in [0.15, 0.2) is 11.6 Å². The normalized spacial score (nSPS) is 11.7. The first-order valence-corrected chi connectivity index (χ1v) is 11.1. The minimum absolute atomic E-state index is 0.0402. The van der Waals surface area contributed by atoms with Crippen LogP contribution in [0.2, 0.25) is 0 Å². The number of aryl methyl sites for hydroxylation is 1. The molecule has 0 amide bonds. The van der Waals surface area contributed by atoms with Gasteiger partial charge in [-0.25, -0.2) is 8.78 Å². The number of hydrogen-bond acceptors (Lipinski definition) is 1. The molecule has 1 nitrogen and oxygen atoms in total. The Morgan fingerprint density at radius 1 is 0.735 bits per heavy atom. The first kappa shape index (κ1) is 23.7. The van der Waals surface area contributed by atoms with Gasteiger partial charge in [0.1, 0.15) is 5.82 Å². The second-order valence-electron chi connectivity index (χ2n) is 8.21. The average Bonchev–Trinajstić information content (AvgIpc) is 2.80. The highest BCUT2D eigenvalue weighted by Gasteiger charge is 2.32. The summed E-state index contributed by atoms with van der Waals surface area (Å²) in [5.74, 6) is -2.46. The molecule has 0 unspecified atom stereocenters. The maximum atomic E-state index is 15.0. The second kappa shape index (κ2) is 9.84. The molecular formula is C28H23F5O. The predicted molar refractivity (Wildman–Crippen MR) is 125 cm³/mol. The van der Waals surface area contributed by atoms with Crippen LogP contribution in [0.15, 0.2) is 72.8 Å². The number of halogens is 5. The molecule has 4 rings (SSSR count). The van der Waals surface area contributed by atoms with Crippen molar-refractivity contribution < 1.29 is 26.7 Å². The second-order valence-corrected chi connectivity index (χ2v) is 8.21. The summed E-state index contributed by atoms with van der Waals surface area (Å²) in [5.41, 5.74) is 3.70. The minimum Gasteiger partial charge on any atom is -0.403 e. The van der Waals surface area contributed by atoms with Gasteiger partial charge in [0.25, 0.3) is 0 Å². The van der Waals surface area contributed by atoms with Crippen LogP contribution in [0.25, 0.3) is 33.0 Å². The molecule has 0 fully saturated rings. The third-order valence-corrected chi connectivity index (χ3v) is 5.78. The van der Waals surface area contributed by atoms with Crippen LogP contribution in [0.4, 0.5) is 22.0 Å². The number of rotatable bonds is 7. The Balaban J connectivity index is 1.59. The first-order chi connectivity index (χ1) is 16.2. The largest absolute Gasteiger partial charge is 0.573 e. The number of ether oxygens (including phenoxy) is 1. The van der Waals surface area contributed by atoms with Crippen LogP contribution in [-0.2, 0) is 6.42 Å². The molecule has 0 atom stereocenters. The molecule has 0 aliphatic heterocycles. The Labute approximate surface area is 194 Å². The Bertz CT molecular complexity index is 1290. The van der Waals surface area contributed by atoms with E-state index in [9.17, 15) is 17.6 Å². The van der Waals surface area contributed by atoms with Gasteiger partial charge in [-0.1, -0.05) is 74.4 Å². The maximum absolute atomic E-state index is 15.0. The van der Waals surface area contributed by atoms with Gasteiger partial charge in [-0.05, 0) is 58.7 Å². The van der Waals surface area contributed by atoms with Gasteiger partial charge in [0.2, 0.25) is 0 Å². The van der Waals surface area contributed by atoms with Gasteiger partial charge in [-0.15, -0.1) is 13.2 Å². The third kappa shape index (κ3) is 5.38. The molecule has 0 aromatic heterocycles. The highest BCUT2D eigenvalue weighted by Crippen LogP contribution is 2.34. The van der Waals surface area contributed by atoms with Crippen molar-refractivity contribution in [2.45, 2.75) is 39.0 Å². The maximum Gasteiger partial charge on any atom is 0.573 e. The van der Waals surface area contributed by atoms with E-state index >= 15 is 4.39 Å². The third-order valence-electron chi connectivity index (χ3n) is 5.78. The SMILES string of the molecule is CCCCCc1ccc(-c2ccc(-c3ccc4c(F)c(OC(F)(F)F)ccc4c3)c(F)c2)cc1. The van der Waals surface area contributed by atoms with E-state index in [-0.39, 0.29) is 5.39 Å². The quantitative estimate of drug-likeness (QED) is 0.193. The van der Waals surface area contributed by atoms with Crippen molar-refractivity contribution in [2.75, 3.05) is 0 Å². The van der Waals surface area contributed by atoms with Gasteiger partial charge < -0.3 is 4.74 Å². The van der Waals surface area contributed by atoms with E-state index in [0.717, 1.165) is 30.0 Å². The zero-order valence-electron chi connectivity index (χ0n) is 18.6. The fourth-order valence-corrected chi connectivity index (χ4v) is 4.01. The highest BCUT2D eigenvalue weighted by molar-refractivity contribution is 5.89. The summed E-state index contributed by atoms with van der Waals surface area (Å²) in [6.07, 6.45) is -0.463. The Hall–Kier alpha value is -3.41. The lowest BCUT2D eigenvalue weighted by Gasteiger charge is -2.12.